The molecule has 4 heteroatoms. The number of carbonyl (C=O) groups is 1. The smallest absolute Gasteiger partial charge is 0.314 e. The average molecular weight is 242 g/mol. The molecule has 1 aromatic heterocycles. The van der Waals surface area contributed by atoms with Gasteiger partial charge in [0.25, 0.3) is 0 Å². The van der Waals surface area contributed by atoms with Crippen molar-refractivity contribution in [3.63, 3.8) is 0 Å². The van der Waals surface area contributed by atoms with Crippen molar-refractivity contribution in [2.24, 2.45) is 0 Å². The Hall–Kier alpha value is -2.10. The van der Waals surface area contributed by atoms with E-state index in [1.807, 2.05) is 36.5 Å². The summed E-state index contributed by atoms with van der Waals surface area (Å²) in [7, 11) is 0. The number of para-hydroxylation sites is 1. The molecule has 0 unspecified atom stereocenters. The number of carboxylic acid groups (broad SMARTS) is 1. The normalized spacial score (nSPS) is 17.1. The van der Waals surface area contributed by atoms with Crippen molar-refractivity contribution < 1.29 is 9.90 Å². The number of hydrogen-bond donors (Lipinski definition) is 1. The predicted octanol–water partition coefficient (Wildman–Crippen LogP) is 2.38. The molecule has 18 heavy (non-hydrogen) atoms. The average Bonchev–Trinajstić information content (AvgIpc) is 2.81. The first kappa shape index (κ1) is 11.0. The molecule has 0 spiro atoms. The van der Waals surface area contributed by atoms with Crippen LogP contribution in [0, 0.1) is 0 Å². The van der Waals surface area contributed by atoms with Crippen LogP contribution in [0.25, 0.3) is 5.69 Å². The number of nitrogens with zero attached hydrogens (tertiary/aromatic N) is 2. The highest BCUT2D eigenvalue weighted by atomic mass is 16.4. The Morgan fingerprint density at radius 3 is 2.61 bits per heavy atom. The molecule has 1 aromatic carbocycles. The number of rotatable bonds is 3. The lowest BCUT2D eigenvalue weighted by Crippen LogP contribution is -2.43. The zero-order chi connectivity index (χ0) is 12.6. The second kappa shape index (κ2) is 3.98. The van der Waals surface area contributed by atoms with Crippen molar-refractivity contribution in [3.05, 3.63) is 48.3 Å². The molecule has 1 aliphatic carbocycles. The number of hydrogen-bond acceptors (Lipinski definition) is 2. The largest absolute Gasteiger partial charge is 0.481 e. The van der Waals surface area contributed by atoms with Crippen molar-refractivity contribution in [1.82, 2.24) is 9.78 Å². The Balaban J connectivity index is 2.15. The summed E-state index contributed by atoms with van der Waals surface area (Å²) >= 11 is 0. The van der Waals surface area contributed by atoms with E-state index in [0.717, 1.165) is 17.7 Å². The van der Waals surface area contributed by atoms with Gasteiger partial charge >= 0.3 is 5.97 Å². The van der Waals surface area contributed by atoms with Crippen LogP contribution in [0.15, 0.2) is 42.7 Å². The molecule has 2 aromatic rings. The van der Waals surface area contributed by atoms with Gasteiger partial charge in [-0.1, -0.05) is 24.6 Å². The van der Waals surface area contributed by atoms with Gasteiger partial charge in [0.05, 0.1) is 11.1 Å². The lowest BCUT2D eigenvalue weighted by atomic mass is 9.64. The quantitative estimate of drug-likeness (QED) is 0.899. The molecule has 0 bridgehead atoms. The molecule has 1 heterocycles. The number of carboxylic acids is 1. The van der Waals surface area contributed by atoms with Crippen molar-refractivity contribution in [3.8, 4) is 5.69 Å². The van der Waals surface area contributed by atoms with E-state index < -0.39 is 11.4 Å². The van der Waals surface area contributed by atoms with Crippen LogP contribution >= 0.6 is 0 Å². The molecule has 92 valence electrons. The van der Waals surface area contributed by atoms with E-state index >= 15 is 0 Å². The summed E-state index contributed by atoms with van der Waals surface area (Å²) in [5.41, 5.74) is 1.01. The lowest BCUT2D eigenvalue weighted by Gasteiger charge is -2.39. The Kier molecular flexibility index (Phi) is 2.44. The van der Waals surface area contributed by atoms with Gasteiger partial charge in [0.2, 0.25) is 0 Å². The molecule has 0 saturated heterocycles. The van der Waals surface area contributed by atoms with Crippen LogP contribution in [-0.2, 0) is 10.2 Å². The zero-order valence-electron chi connectivity index (χ0n) is 9.91. The van der Waals surface area contributed by atoms with E-state index in [1.165, 1.54) is 0 Å². The maximum absolute atomic E-state index is 11.6. The minimum atomic E-state index is -0.728. The van der Waals surface area contributed by atoms with Crippen LogP contribution in [0.5, 0.6) is 0 Å². The maximum atomic E-state index is 11.6. The second-order valence-corrected chi connectivity index (χ2v) is 4.71. The van der Waals surface area contributed by atoms with E-state index in [2.05, 4.69) is 5.10 Å². The zero-order valence-corrected chi connectivity index (χ0v) is 9.91. The van der Waals surface area contributed by atoms with Gasteiger partial charge in [-0.3, -0.25) is 4.79 Å². The van der Waals surface area contributed by atoms with Gasteiger partial charge in [0, 0.05) is 12.4 Å². The van der Waals surface area contributed by atoms with Gasteiger partial charge in [-0.05, 0) is 30.5 Å². The summed E-state index contributed by atoms with van der Waals surface area (Å²) in [4.78, 5) is 11.6. The van der Waals surface area contributed by atoms with Gasteiger partial charge in [0.1, 0.15) is 0 Å². The molecule has 4 nitrogen and oxygen atoms in total. The van der Waals surface area contributed by atoms with Crippen LogP contribution in [-0.4, -0.2) is 20.9 Å². The van der Waals surface area contributed by atoms with E-state index in [-0.39, 0.29) is 0 Å². The standard InChI is InChI=1S/C14H14N2O2/c17-13(18)14(7-3-8-14)11-5-1-2-6-12(11)16-10-4-9-15-16/h1-2,4-6,9-10H,3,7-8H2,(H,17,18). The first-order chi connectivity index (χ1) is 8.74. The van der Waals surface area contributed by atoms with E-state index in [1.54, 1.807) is 10.9 Å². The molecule has 0 amide bonds. The lowest BCUT2D eigenvalue weighted by molar-refractivity contribution is -0.147. The topological polar surface area (TPSA) is 55.1 Å². The van der Waals surface area contributed by atoms with Crippen molar-refractivity contribution in [2.45, 2.75) is 24.7 Å². The summed E-state index contributed by atoms with van der Waals surface area (Å²) in [6, 6.07) is 9.47. The fourth-order valence-corrected chi connectivity index (χ4v) is 2.62. The summed E-state index contributed by atoms with van der Waals surface area (Å²) in [6.07, 6.45) is 5.93. The van der Waals surface area contributed by atoms with Crippen LogP contribution < -0.4 is 0 Å². The van der Waals surface area contributed by atoms with E-state index in [9.17, 15) is 9.90 Å². The fraction of sp³-hybridized carbons (Fsp3) is 0.286. The molecular weight excluding hydrogens is 228 g/mol. The van der Waals surface area contributed by atoms with Crippen LogP contribution in [0.3, 0.4) is 0 Å². The molecule has 0 atom stereocenters. The minimum Gasteiger partial charge on any atom is -0.481 e. The minimum absolute atomic E-state index is 0.709. The third-order valence-electron chi connectivity index (χ3n) is 3.79. The summed E-state index contributed by atoms with van der Waals surface area (Å²) in [5, 5.41) is 13.7. The van der Waals surface area contributed by atoms with Crippen LogP contribution in [0.4, 0.5) is 0 Å². The van der Waals surface area contributed by atoms with Gasteiger partial charge in [-0.25, -0.2) is 4.68 Å². The fourth-order valence-electron chi connectivity index (χ4n) is 2.62. The number of aliphatic carboxylic acids is 1. The first-order valence-corrected chi connectivity index (χ1v) is 6.07. The first-order valence-electron chi connectivity index (χ1n) is 6.07. The van der Waals surface area contributed by atoms with Crippen molar-refractivity contribution in [1.29, 1.82) is 0 Å². The van der Waals surface area contributed by atoms with Crippen molar-refractivity contribution in [2.75, 3.05) is 0 Å². The number of benzene rings is 1. The van der Waals surface area contributed by atoms with Gasteiger partial charge in [-0.2, -0.15) is 5.10 Å². The third-order valence-corrected chi connectivity index (χ3v) is 3.79. The summed E-state index contributed by atoms with van der Waals surface area (Å²) < 4.78 is 1.73. The molecule has 1 aliphatic rings. The summed E-state index contributed by atoms with van der Waals surface area (Å²) in [5.74, 6) is -0.728. The highest BCUT2D eigenvalue weighted by Crippen LogP contribution is 2.45. The Bertz CT molecular complexity index is 571. The highest BCUT2D eigenvalue weighted by molar-refractivity contribution is 5.84. The predicted molar refractivity (Wildman–Crippen MR) is 66.7 cm³/mol. The Morgan fingerprint density at radius 2 is 2.06 bits per heavy atom. The van der Waals surface area contributed by atoms with Gasteiger partial charge < -0.3 is 5.11 Å². The van der Waals surface area contributed by atoms with E-state index in [0.29, 0.717) is 12.8 Å². The van der Waals surface area contributed by atoms with Crippen molar-refractivity contribution >= 4 is 5.97 Å². The van der Waals surface area contributed by atoms with Crippen LogP contribution in [0.1, 0.15) is 24.8 Å². The highest BCUT2D eigenvalue weighted by Gasteiger charge is 2.47. The SMILES string of the molecule is O=C(O)C1(c2ccccc2-n2cccn2)CCC1. The maximum Gasteiger partial charge on any atom is 0.314 e. The second-order valence-electron chi connectivity index (χ2n) is 4.71. The third kappa shape index (κ3) is 1.45. The van der Waals surface area contributed by atoms with Crippen LogP contribution in [0.2, 0.25) is 0 Å². The molecule has 1 saturated carbocycles. The molecule has 0 radical (unpaired) electrons. The van der Waals surface area contributed by atoms with Gasteiger partial charge in [-0.15, -0.1) is 0 Å². The molecule has 1 fully saturated rings. The summed E-state index contributed by atoms with van der Waals surface area (Å²) in [6.45, 7) is 0. The number of aromatic nitrogens is 2. The Labute approximate surface area is 105 Å². The molecule has 3 rings (SSSR count). The molecular formula is C14H14N2O2. The monoisotopic (exact) mass is 242 g/mol. The van der Waals surface area contributed by atoms with E-state index in [4.69, 9.17) is 0 Å². The molecule has 1 N–H and O–H groups in total. The Morgan fingerprint density at radius 1 is 1.28 bits per heavy atom. The molecule has 0 aliphatic heterocycles. The van der Waals surface area contributed by atoms with Gasteiger partial charge in [0.15, 0.2) is 0 Å².